The number of nitrogens with one attached hydrogen (secondary N) is 1. The molecule has 0 unspecified atom stereocenters. The second-order valence-electron chi connectivity index (χ2n) is 5.34. The van der Waals surface area contributed by atoms with Crippen LogP contribution in [0.5, 0.6) is 0 Å². The second-order valence-corrected chi connectivity index (χ2v) is 6.51. The minimum absolute atomic E-state index is 0.628. The number of methoxy groups -OCH3 is 1. The van der Waals surface area contributed by atoms with Crippen LogP contribution in [0, 0.1) is 0 Å². The van der Waals surface area contributed by atoms with E-state index >= 15 is 0 Å². The van der Waals surface area contributed by atoms with Crippen molar-refractivity contribution in [2.75, 3.05) is 26.7 Å². The van der Waals surface area contributed by atoms with Gasteiger partial charge < -0.3 is 15.0 Å². The van der Waals surface area contributed by atoms with Gasteiger partial charge in [-0.05, 0) is 25.9 Å². The van der Waals surface area contributed by atoms with Gasteiger partial charge in [0.1, 0.15) is 0 Å². The van der Waals surface area contributed by atoms with Gasteiger partial charge in [0.15, 0.2) is 0 Å². The summed E-state index contributed by atoms with van der Waals surface area (Å²) in [6, 6.07) is 0.742. The SMILES string of the molecule is CCN(CC)CCc1nc(COC)c(CNC2CC2)s1. The van der Waals surface area contributed by atoms with Gasteiger partial charge in [-0.3, -0.25) is 0 Å². The van der Waals surface area contributed by atoms with E-state index in [9.17, 15) is 0 Å². The molecule has 1 aromatic rings. The summed E-state index contributed by atoms with van der Waals surface area (Å²) in [6.07, 6.45) is 3.70. The Morgan fingerprint density at radius 2 is 2.10 bits per heavy atom. The van der Waals surface area contributed by atoms with Crippen LogP contribution in [-0.2, 0) is 24.3 Å². The molecule has 1 heterocycles. The van der Waals surface area contributed by atoms with Gasteiger partial charge in [0.05, 0.1) is 17.3 Å². The van der Waals surface area contributed by atoms with Crippen LogP contribution in [0.15, 0.2) is 0 Å². The van der Waals surface area contributed by atoms with Crippen molar-refractivity contribution in [1.82, 2.24) is 15.2 Å². The van der Waals surface area contributed by atoms with Crippen molar-refractivity contribution >= 4 is 11.3 Å². The summed E-state index contributed by atoms with van der Waals surface area (Å²) in [7, 11) is 1.74. The summed E-state index contributed by atoms with van der Waals surface area (Å²) < 4.78 is 5.28. The van der Waals surface area contributed by atoms with Crippen LogP contribution in [0.4, 0.5) is 0 Å². The third-order valence-corrected chi connectivity index (χ3v) is 4.93. The van der Waals surface area contributed by atoms with Gasteiger partial charge in [0, 0.05) is 37.5 Å². The molecule has 1 saturated carbocycles. The number of nitrogens with zero attached hydrogens (tertiary/aromatic N) is 2. The Labute approximate surface area is 126 Å². The number of rotatable bonds is 10. The fraction of sp³-hybridized carbons (Fsp3) is 0.800. The van der Waals surface area contributed by atoms with Gasteiger partial charge in [0.25, 0.3) is 0 Å². The van der Waals surface area contributed by atoms with Crippen molar-refractivity contribution in [3.05, 3.63) is 15.6 Å². The fourth-order valence-electron chi connectivity index (χ4n) is 2.25. The highest BCUT2D eigenvalue weighted by atomic mass is 32.1. The Hall–Kier alpha value is -0.490. The van der Waals surface area contributed by atoms with E-state index in [1.54, 1.807) is 7.11 Å². The van der Waals surface area contributed by atoms with E-state index in [0.29, 0.717) is 6.61 Å². The lowest BCUT2D eigenvalue weighted by molar-refractivity contribution is 0.181. The normalized spacial score (nSPS) is 15.2. The number of likely N-dealkylation sites (N-methyl/N-ethyl adjacent to an activating group) is 1. The summed E-state index contributed by atoms with van der Waals surface area (Å²) in [6.45, 7) is 9.34. The van der Waals surface area contributed by atoms with Crippen molar-refractivity contribution in [3.63, 3.8) is 0 Å². The zero-order valence-electron chi connectivity index (χ0n) is 12.9. The van der Waals surface area contributed by atoms with Crippen LogP contribution in [0.1, 0.15) is 42.3 Å². The topological polar surface area (TPSA) is 37.4 Å². The lowest BCUT2D eigenvalue weighted by Crippen LogP contribution is -2.25. The van der Waals surface area contributed by atoms with Gasteiger partial charge in [0.2, 0.25) is 0 Å². The summed E-state index contributed by atoms with van der Waals surface area (Å²) in [5.74, 6) is 0. The third kappa shape index (κ3) is 4.81. The van der Waals surface area contributed by atoms with E-state index in [2.05, 4.69) is 24.1 Å². The molecule has 0 aromatic carbocycles. The maximum Gasteiger partial charge on any atom is 0.0945 e. The molecule has 1 aromatic heterocycles. The number of hydrogen-bond donors (Lipinski definition) is 1. The summed E-state index contributed by atoms with van der Waals surface area (Å²) in [5, 5.41) is 4.82. The molecule has 0 atom stereocenters. The van der Waals surface area contributed by atoms with E-state index in [4.69, 9.17) is 9.72 Å². The highest BCUT2D eigenvalue weighted by Gasteiger charge is 2.21. The molecule has 1 aliphatic carbocycles. The lowest BCUT2D eigenvalue weighted by atomic mass is 10.3. The molecule has 20 heavy (non-hydrogen) atoms. The predicted molar refractivity (Wildman–Crippen MR) is 84.2 cm³/mol. The predicted octanol–water partition coefficient (Wildman–Crippen LogP) is 2.43. The molecule has 0 bridgehead atoms. The Morgan fingerprint density at radius 3 is 2.70 bits per heavy atom. The first-order valence-corrected chi connectivity index (χ1v) is 8.50. The Balaban J connectivity index is 1.91. The van der Waals surface area contributed by atoms with E-state index in [1.807, 2.05) is 11.3 Å². The largest absolute Gasteiger partial charge is 0.378 e. The first kappa shape index (κ1) is 15.9. The molecule has 0 amide bonds. The molecule has 0 saturated heterocycles. The van der Waals surface area contributed by atoms with Crippen molar-refractivity contribution in [1.29, 1.82) is 0 Å². The van der Waals surface area contributed by atoms with Gasteiger partial charge >= 0.3 is 0 Å². The summed E-state index contributed by atoms with van der Waals surface area (Å²) in [5.41, 5.74) is 1.13. The molecule has 0 aliphatic heterocycles. The molecule has 2 rings (SSSR count). The third-order valence-electron chi connectivity index (χ3n) is 3.77. The van der Waals surface area contributed by atoms with Crippen molar-refractivity contribution in [3.8, 4) is 0 Å². The second kappa shape index (κ2) is 8.08. The number of thiazole rings is 1. The quantitative estimate of drug-likeness (QED) is 0.720. The smallest absolute Gasteiger partial charge is 0.0945 e. The van der Waals surface area contributed by atoms with Crippen molar-refractivity contribution in [2.45, 2.75) is 52.3 Å². The first-order chi connectivity index (χ1) is 9.76. The minimum Gasteiger partial charge on any atom is -0.378 e. The molecule has 114 valence electrons. The van der Waals surface area contributed by atoms with Crippen LogP contribution in [-0.4, -0.2) is 42.7 Å². The van der Waals surface area contributed by atoms with E-state index < -0.39 is 0 Å². The molecular weight excluding hydrogens is 270 g/mol. The number of hydrogen-bond acceptors (Lipinski definition) is 5. The Kier molecular flexibility index (Phi) is 6.42. The van der Waals surface area contributed by atoms with E-state index in [0.717, 1.165) is 44.3 Å². The lowest BCUT2D eigenvalue weighted by Gasteiger charge is -2.16. The summed E-state index contributed by atoms with van der Waals surface area (Å²) >= 11 is 1.85. The van der Waals surface area contributed by atoms with Crippen LogP contribution in [0.25, 0.3) is 0 Å². The molecule has 1 fully saturated rings. The molecule has 0 radical (unpaired) electrons. The average molecular weight is 297 g/mol. The van der Waals surface area contributed by atoms with Gasteiger partial charge in [-0.15, -0.1) is 11.3 Å². The zero-order chi connectivity index (χ0) is 14.4. The van der Waals surface area contributed by atoms with Crippen LogP contribution < -0.4 is 5.32 Å². The first-order valence-electron chi connectivity index (χ1n) is 7.68. The number of ether oxygens (including phenoxy) is 1. The van der Waals surface area contributed by atoms with Gasteiger partial charge in [-0.1, -0.05) is 13.8 Å². The maximum absolute atomic E-state index is 5.28. The number of aromatic nitrogens is 1. The zero-order valence-corrected chi connectivity index (χ0v) is 13.8. The minimum atomic E-state index is 0.628. The van der Waals surface area contributed by atoms with Crippen molar-refractivity contribution in [2.24, 2.45) is 0 Å². The summed E-state index contributed by atoms with van der Waals surface area (Å²) in [4.78, 5) is 8.56. The maximum atomic E-state index is 5.28. The molecular formula is C15H27N3OS. The average Bonchev–Trinajstić information content (AvgIpc) is 3.21. The molecule has 1 aliphatic rings. The van der Waals surface area contributed by atoms with Crippen LogP contribution in [0.3, 0.4) is 0 Å². The highest BCUT2D eigenvalue weighted by Crippen LogP contribution is 2.23. The van der Waals surface area contributed by atoms with Crippen LogP contribution in [0.2, 0.25) is 0 Å². The Bertz CT molecular complexity index is 400. The van der Waals surface area contributed by atoms with E-state index in [1.165, 1.54) is 22.7 Å². The Morgan fingerprint density at radius 1 is 1.35 bits per heavy atom. The molecule has 0 spiro atoms. The molecule has 4 nitrogen and oxygen atoms in total. The van der Waals surface area contributed by atoms with E-state index in [-0.39, 0.29) is 0 Å². The van der Waals surface area contributed by atoms with Crippen LogP contribution >= 0.6 is 11.3 Å². The highest BCUT2D eigenvalue weighted by molar-refractivity contribution is 7.11. The molecule has 1 N–H and O–H groups in total. The van der Waals surface area contributed by atoms with Gasteiger partial charge in [-0.25, -0.2) is 4.98 Å². The molecule has 5 heteroatoms. The fourth-order valence-corrected chi connectivity index (χ4v) is 3.26. The van der Waals surface area contributed by atoms with Crippen molar-refractivity contribution < 1.29 is 4.74 Å². The van der Waals surface area contributed by atoms with Gasteiger partial charge in [-0.2, -0.15) is 0 Å². The monoisotopic (exact) mass is 297 g/mol. The standard InChI is InChI=1S/C15H27N3OS/c1-4-18(5-2)9-8-15-17-13(11-19-3)14(20-15)10-16-12-6-7-12/h12,16H,4-11H2,1-3H3.